The molecule has 0 aliphatic rings. The molecule has 0 amide bonds. The van der Waals surface area contributed by atoms with Crippen LogP contribution in [-0.4, -0.2) is 24.2 Å². The molecule has 0 bridgehead atoms. The zero-order valence-electron chi connectivity index (χ0n) is 13.7. The van der Waals surface area contributed by atoms with Crippen LogP contribution in [0.4, 0.5) is 4.39 Å². The van der Waals surface area contributed by atoms with Gasteiger partial charge in [-0.15, -0.1) is 0 Å². The van der Waals surface area contributed by atoms with E-state index in [0.29, 0.717) is 5.75 Å². The molecule has 0 fully saturated rings. The van der Waals surface area contributed by atoms with Gasteiger partial charge in [0.25, 0.3) is 0 Å². The van der Waals surface area contributed by atoms with Crippen molar-refractivity contribution in [2.75, 3.05) is 0 Å². The molecule has 1 aromatic rings. The summed E-state index contributed by atoms with van der Waals surface area (Å²) in [6.07, 6.45) is 0.929. The molecular formula is C17H26FNO3. The van der Waals surface area contributed by atoms with E-state index < -0.39 is 18.1 Å². The molecule has 5 heteroatoms. The number of benzene rings is 1. The molecule has 0 aromatic heterocycles. The third-order valence-electron chi connectivity index (χ3n) is 3.72. The Labute approximate surface area is 131 Å². The number of hydrogen-bond donors (Lipinski definition) is 1. The van der Waals surface area contributed by atoms with Gasteiger partial charge >= 0.3 is 5.97 Å². The summed E-state index contributed by atoms with van der Waals surface area (Å²) in [5.74, 6) is -0.202. The minimum absolute atomic E-state index is 0.194. The number of halogens is 1. The number of nitrogens with two attached hydrogens (primary N) is 1. The van der Waals surface area contributed by atoms with Gasteiger partial charge in [0.15, 0.2) is 0 Å². The first kappa shape index (κ1) is 18.4. The monoisotopic (exact) mass is 311 g/mol. The average molecular weight is 311 g/mol. The predicted molar refractivity (Wildman–Crippen MR) is 84.1 cm³/mol. The topological polar surface area (TPSA) is 61.5 Å². The fraction of sp³-hybridized carbons (Fsp3) is 0.588. The van der Waals surface area contributed by atoms with E-state index in [0.717, 1.165) is 12.8 Å². The summed E-state index contributed by atoms with van der Waals surface area (Å²) in [7, 11) is 0. The first-order chi connectivity index (χ1) is 10.4. The summed E-state index contributed by atoms with van der Waals surface area (Å²) in [6.45, 7) is 7.46. The Morgan fingerprint density at radius 3 is 2.41 bits per heavy atom. The summed E-state index contributed by atoms with van der Waals surface area (Å²) in [6, 6.07) is 5.29. The van der Waals surface area contributed by atoms with Crippen molar-refractivity contribution in [3.05, 3.63) is 30.1 Å². The summed E-state index contributed by atoms with van der Waals surface area (Å²) >= 11 is 0. The Balaban J connectivity index is 2.90. The van der Waals surface area contributed by atoms with Crippen molar-refractivity contribution in [2.24, 2.45) is 11.7 Å². The number of carbonyl (C=O) groups is 1. The Hall–Kier alpha value is -1.62. The molecule has 1 aromatic carbocycles. The Bertz CT molecular complexity index is 475. The van der Waals surface area contributed by atoms with E-state index >= 15 is 0 Å². The Kier molecular flexibility index (Phi) is 7.32. The van der Waals surface area contributed by atoms with E-state index in [-0.39, 0.29) is 17.8 Å². The van der Waals surface area contributed by atoms with Gasteiger partial charge in [-0.1, -0.05) is 19.9 Å². The molecule has 0 unspecified atom stereocenters. The van der Waals surface area contributed by atoms with Gasteiger partial charge in [-0.3, -0.25) is 4.79 Å². The molecule has 0 heterocycles. The van der Waals surface area contributed by atoms with E-state index in [9.17, 15) is 9.18 Å². The van der Waals surface area contributed by atoms with E-state index in [1.165, 1.54) is 12.1 Å². The second kappa shape index (κ2) is 8.73. The highest BCUT2D eigenvalue weighted by Gasteiger charge is 2.30. The average Bonchev–Trinajstić information content (AvgIpc) is 2.47. The fourth-order valence-electron chi connectivity index (χ4n) is 2.38. The highest BCUT2D eigenvalue weighted by Crippen LogP contribution is 2.25. The van der Waals surface area contributed by atoms with Gasteiger partial charge in [-0.25, -0.2) is 4.39 Å². The van der Waals surface area contributed by atoms with E-state index in [2.05, 4.69) is 13.8 Å². The van der Waals surface area contributed by atoms with Crippen molar-refractivity contribution < 1.29 is 18.7 Å². The first-order valence-electron chi connectivity index (χ1n) is 7.77. The molecule has 3 atom stereocenters. The van der Waals surface area contributed by atoms with Crippen LogP contribution in [0.25, 0.3) is 0 Å². The van der Waals surface area contributed by atoms with Gasteiger partial charge in [0, 0.05) is 6.07 Å². The Morgan fingerprint density at radius 2 is 1.91 bits per heavy atom. The lowest BCUT2D eigenvalue weighted by Gasteiger charge is -2.31. The fourth-order valence-corrected chi connectivity index (χ4v) is 2.38. The maximum Gasteiger partial charge on any atom is 0.323 e. The largest absolute Gasteiger partial charge is 0.486 e. The maximum atomic E-state index is 13.3. The van der Waals surface area contributed by atoms with Crippen LogP contribution in [-0.2, 0) is 9.53 Å². The van der Waals surface area contributed by atoms with Crippen molar-refractivity contribution in [3.63, 3.8) is 0 Å². The van der Waals surface area contributed by atoms with Gasteiger partial charge in [-0.2, -0.15) is 0 Å². The highest BCUT2D eigenvalue weighted by molar-refractivity contribution is 5.75. The number of rotatable bonds is 8. The zero-order chi connectivity index (χ0) is 16.7. The predicted octanol–water partition coefficient (Wildman–Crippen LogP) is 3.29. The molecule has 0 spiro atoms. The molecule has 0 radical (unpaired) electrons. The van der Waals surface area contributed by atoms with Gasteiger partial charge < -0.3 is 15.2 Å². The molecule has 4 nitrogen and oxygen atoms in total. The van der Waals surface area contributed by atoms with Crippen LogP contribution in [0.15, 0.2) is 24.3 Å². The SMILES string of the molecule is CCC(CC)[C@H](Oc1cccc(F)c1)[C@H](C)OC(=O)[C@H](C)N. The Morgan fingerprint density at radius 1 is 1.27 bits per heavy atom. The summed E-state index contributed by atoms with van der Waals surface area (Å²) in [4.78, 5) is 11.7. The van der Waals surface area contributed by atoms with E-state index in [1.807, 2.05) is 0 Å². The van der Waals surface area contributed by atoms with Crippen molar-refractivity contribution in [1.82, 2.24) is 0 Å². The molecule has 124 valence electrons. The summed E-state index contributed by atoms with van der Waals surface area (Å²) in [5, 5.41) is 0. The molecule has 0 saturated carbocycles. The lowest BCUT2D eigenvalue weighted by Crippen LogP contribution is -2.42. The molecule has 2 N–H and O–H groups in total. The van der Waals surface area contributed by atoms with Crippen LogP contribution >= 0.6 is 0 Å². The molecular weight excluding hydrogens is 285 g/mol. The van der Waals surface area contributed by atoms with Crippen molar-refractivity contribution in [3.8, 4) is 5.75 Å². The van der Waals surface area contributed by atoms with Gasteiger partial charge in [0.1, 0.15) is 29.8 Å². The first-order valence-corrected chi connectivity index (χ1v) is 7.77. The third-order valence-corrected chi connectivity index (χ3v) is 3.72. The molecule has 0 aliphatic carbocycles. The number of ether oxygens (including phenoxy) is 2. The lowest BCUT2D eigenvalue weighted by molar-refractivity contribution is -0.155. The van der Waals surface area contributed by atoms with Crippen LogP contribution in [0.2, 0.25) is 0 Å². The van der Waals surface area contributed by atoms with E-state index in [4.69, 9.17) is 15.2 Å². The summed E-state index contributed by atoms with van der Waals surface area (Å²) < 4.78 is 24.6. The quantitative estimate of drug-likeness (QED) is 0.748. The van der Waals surface area contributed by atoms with Crippen molar-refractivity contribution in [1.29, 1.82) is 0 Å². The normalized spacial score (nSPS) is 15.2. The van der Waals surface area contributed by atoms with E-state index in [1.54, 1.807) is 26.0 Å². The van der Waals surface area contributed by atoms with Crippen molar-refractivity contribution >= 4 is 5.97 Å². The number of hydrogen-bond acceptors (Lipinski definition) is 4. The second-order valence-corrected chi connectivity index (χ2v) is 5.55. The smallest absolute Gasteiger partial charge is 0.323 e. The number of esters is 1. The standard InChI is InChI=1S/C17H26FNO3/c1-5-13(6-2)16(12(4)21-17(20)11(3)19)22-15-9-7-8-14(18)10-15/h7-13,16H,5-6,19H2,1-4H3/t11-,12-,16+/m0/s1. The minimum atomic E-state index is -0.682. The second-order valence-electron chi connectivity index (χ2n) is 5.55. The van der Waals surface area contributed by atoms with Crippen LogP contribution in [0, 0.1) is 11.7 Å². The van der Waals surface area contributed by atoms with Gasteiger partial charge in [-0.05, 0) is 44.7 Å². The maximum absolute atomic E-state index is 13.3. The zero-order valence-corrected chi connectivity index (χ0v) is 13.7. The van der Waals surface area contributed by atoms with Crippen LogP contribution < -0.4 is 10.5 Å². The minimum Gasteiger partial charge on any atom is -0.486 e. The molecule has 1 rings (SSSR count). The van der Waals surface area contributed by atoms with Crippen LogP contribution in [0.3, 0.4) is 0 Å². The van der Waals surface area contributed by atoms with Crippen LogP contribution in [0.5, 0.6) is 5.75 Å². The lowest BCUT2D eigenvalue weighted by atomic mass is 9.93. The highest BCUT2D eigenvalue weighted by atomic mass is 19.1. The molecule has 0 aliphatic heterocycles. The van der Waals surface area contributed by atoms with Gasteiger partial charge in [0.05, 0.1) is 0 Å². The van der Waals surface area contributed by atoms with Crippen LogP contribution in [0.1, 0.15) is 40.5 Å². The van der Waals surface area contributed by atoms with Gasteiger partial charge in [0.2, 0.25) is 0 Å². The molecule has 22 heavy (non-hydrogen) atoms. The summed E-state index contributed by atoms with van der Waals surface area (Å²) in [5.41, 5.74) is 5.53. The van der Waals surface area contributed by atoms with Crippen molar-refractivity contribution in [2.45, 2.75) is 58.8 Å². The third kappa shape index (κ3) is 5.30. The number of carbonyl (C=O) groups excluding carboxylic acids is 1. The molecule has 0 saturated heterocycles.